The van der Waals surface area contributed by atoms with E-state index in [0.29, 0.717) is 0 Å². The lowest BCUT2D eigenvalue weighted by Gasteiger charge is -2.21. The molecule has 0 unspecified atom stereocenters. The van der Waals surface area contributed by atoms with E-state index < -0.39 is 0 Å². The number of nitrogens with two attached hydrogens (primary N) is 1. The fraction of sp³-hybridized carbons (Fsp3) is 1.00. The van der Waals surface area contributed by atoms with Crippen LogP contribution in [0.4, 0.5) is 0 Å². The molecule has 14 heavy (non-hydrogen) atoms. The van der Waals surface area contributed by atoms with E-state index in [4.69, 9.17) is 10.5 Å². The van der Waals surface area contributed by atoms with Crippen molar-refractivity contribution in [3.05, 3.63) is 0 Å². The standard InChI is InChI=1S/C12H25NO/c13-9-5-2-6-10-14-11-12-7-3-1-4-8-12/h12H,1-11,13H2. The van der Waals surface area contributed by atoms with E-state index in [9.17, 15) is 0 Å². The number of hydrogen-bond acceptors (Lipinski definition) is 2. The van der Waals surface area contributed by atoms with E-state index in [2.05, 4.69) is 0 Å². The summed E-state index contributed by atoms with van der Waals surface area (Å²) in [5, 5.41) is 0. The molecule has 0 aromatic heterocycles. The topological polar surface area (TPSA) is 35.2 Å². The first-order chi connectivity index (χ1) is 6.93. The van der Waals surface area contributed by atoms with Gasteiger partial charge >= 0.3 is 0 Å². The second kappa shape index (κ2) is 8.25. The highest BCUT2D eigenvalue weighted by molar-refractivity contribution is 4.64. The SMILES string of the molecule is NCCCCCOCC1CCCCC1. The highest BCUT2D eigenvalue weighted by Crippen LogP contribution is 2.23. The maximum absolute atomic E-state index is 5.68. The molecule has 1 fully saturated rings. The Kier molecular flexibility index (Phi) is 7.06. The molecular formula is C12H25NO. The average Bonchev–Trinajstić information content (AvgIpc) is 2.25. The van der Waals surface area contributed by atoms with Gasteiger partial charge < -0.3 is 10.5 Å². The summed E-state index contributed by atoms with van der Waals surface area (Å²) in [6.07, 6.45) is 10.6. The van der Waals surface area contributed by atoms with Gasteiger partial charge in [-0.3, -0.25) is 0 Å². The number of ether oxygens (including phenoxy) is 1. The fourth-order valence-corrected chi connectivity index (χ4v) is 2.13. The Labute approximate surface area is 88.2 Å². The molecular weight excluding hydrogens is 174 g/mol. The summed E-state index contributed by atoms with van der Waals surface area (Å²) in [7, 11) is 0. The minimum Gasteiger partial charge on any atom is -0.381 e. The van der Waals surface area contributed by atoms with Gasteiger partial charge in [0.25, 0.3) is 0 Å². The van der Waals surface area contributed by atoms with E-state index in [1.54, 1.807) is 0 Å². The van der Waals surface area contributed by atoms with Gasteiger partial charge in [0.15, 0.2) is 0 Å². The summed E-state index contributed by atoms with van der Waals surface area (Å²) in [4.78, 5) is 0. The molecule has 1 saturated carbocycles. The first-order valence-electron chi connectivity index (χ1n) is 6.21. The van der Waals surface area contributed by atoms with Crippen LogP contribution in [0.1, 0.15) is 51.4 Å². The lowest BCUT2D eigenvalue weighted by atomic mass is 9.90. The van der Waals surface area contributed by atoms with Crippen LogP contribution in [-0.2, 0) is 4.74 Å². The van der Waals surface area contributed by atoms with Crippen LogP contribution in [0.3, 0.4) is 0 Å². The summed E-state index contributed by atoms with van der Waals surface area (Å²) in [5.41, 5.74) is 5.42. The monoisotopic (exact) mass is 199 g/mol. The predicted octanol–water partition coefficient (Wildman–Crippen LogP) is 2.71. The summed E-state index contributed by atoms with van der Waals surface area (Å²) in [5.74, 6) is 0.859. The van der Waals surface area contributed by atoms with Crippen molar-refractivity contribution >= 4 is 0 Å². The molecule has 1 rings (SSSR count). The lowest BCUT2D eigenvalue weighted by molar-refractivity contribution is 0.0826. The summed E-state index contributed by atoms with van der Waals surface area (Å²) >= 11 is 0. The van der Waals surface area contributed by atoms with Crippen molar-refractivity contribution in [2.24, 2.45) is 11.7 Å². The lowest BCUT2D eigenvalue weighted by Crippen LogP contribution is -2.13. The second-order valence-electron chi connectivity index (χ2n) is 4.43. The predicted molar refractivity (Wildman–Crippen MR) is 60.3 cm³/mol. The Balaban J connectivity index is 1.82. The zero-order chi connectivity index (χ0) is 10.1. The van der Waals surface area contributed by atoms with Crippen LogP contribution in [0, 0.1) is 5.92 Å². The summed E-state index contributed by atoms with van der Waals surface area (Å²) in [6.45, 7) is 2.77. The Morgan fingerprint density at radius 1 is 1.00 bits per heavy atom. The maximum Gasteiger partial charge on any atom is 0.0494 e. The van der Waals surface area contributed by atoms with Crippen molar-refractivity contribution in [2.75, 3.05) is 19.8 Å². The highest BCUT2D eigenvalue weighted by atomic mass is 16.5. The van der Waals surface area contributed by atoms with Gasteiger partial charge in [0, 0.05) is 13.2 Å². The van der Waals surface area contributed by atoms with Crippen molar-refractivity contribution in [3.63, 3.8) is 0 Å². The van der Waals surface area contributed by atoms with Crippen molar-refractivity contribution < 1.29 is 4.74 Å². The molecule has 84 valence electrons. The van der Waals surface area contributed by atoms with Crippen molar-refractivity contribution in [1.29, 1.82) is 0 Å². The molecule has 0 saturated heterocycles. The van der Waals surface area contributed by atoms with Gasteiger partial charge in [-0.25, -0.2) is 0 Å². The molecule has 0 aliphatic heterocycles. The molecule has 1 aliphatic rings. The van der Waals surface area contributed by atoms with Crippen LogP contribution in [0.15, 0.2) is 0 Å². The number of unbranched alkanes of at least 4 members (excludes halogenated alkanes) is 2. The largest absolute Gasteiger partial charge is 0.381 e. The molecule has 2 heteroatoms. The molecule has 0 aromatic carbocycles. The Morgan fingerprint density at radius 3 is 2.50 bits per heavy atom. The van der Waals surface area contributed by atoms with Crippen LogP contribution in [0.25, 0.3) is 0 Å². The van der Waals surface area contributed by atoms with Crippen molar-refractivity contribution in [2.45, 2.75) is 51.4 Å². The van der Waals surface area contributed by atoms with Crippen LogP contribution in [0.5, 0.6) is 0 Å². The van der Waals surface area contributed by atoms with E-state index in [1.807, 2.05) is 0 Å². The minimum absolute atomic E-state index is 0.822. The second-order valence-corrected chi connectivity index (χ2v) is 4.43. The van der Waals surface area contributed by atoms with Gasteiger partial charge in [-0.15, -0.1) is 0 Å². The van der Waals surface area contributed by atoms with Crippen molar-refractivity contribution in [3.8, 4) is 0 Å². The molecule has 1 aliphatic carbocycles. The first-order valence-corrected chi connectivity index (χ1v) is 6.21. The first kappa shape index (κ1) is 12.0. The van der Waals surface area contributed by atoms with Gasteiger partial charge in [0.1, 0.15) is 0 Å². The molecule has 2 nitrogen and oxygen atoms in total. The zero-order valence-corrected chi connectivity index (χ0v) is 9.34. The molecule has 0 heterocycles. The molecule has 2 N–H and O–H groups in total. The maximum atomic E-state index is 5.68. The summed E-state index contributed by atoms with van der Waals surface area (Å²) < 4.78 is 5.68. The highest BCUT2D eigenvalue weighted by Gasteiger charge is 2.12. The van der Waals surface area contributed by atoms with Crippen LogP contribution in [-0.4, -0.2) is 19.8 Å². The normalized spacial score (nSPS) is 18.6. The number of rotatable bonds is 7. The third-order valence-electron chi connectivity index (χ3n) is 3.07. The van der Waals surface area contributed by atoms with E-state index in [-0.39, 0.29) is 0 Å². The number of hydrogen-bond donors (Lipinski definition) is 1. The smallest absolute Gasteiger partial charge is 0.0494 e. The average molecular weight is 199 g/mol. The molecule has 0 bridgehead atoms. The summed E-state index contributed by atoms with van der Waals surface area (Å²) in [6, 6.07) is 0. The Bertz CT molecular complexity index is 121. The van der Waals surface area contributed by atoms with Crippen LogP contribution >= 0.6 is 0 Å². The third-order valence-corrected chi connectivity index (χ3v) is 3.07. The van der Waals surface area contributed by atoms with Gasteiger partial charge in [-0.05, 0) is 44.6 Å². The molecule has 0 radical (unpaired) electrons. The molecule has 0 atom stereocenters. The van der Waals surface area contributed by atoms with Crippen LogP contribution < -0.4 is 5.73 Å². The van der Waals surface area contributed by atoms with Gasteiger partial charge in [-0.2, -0.15) is 0 Å². The van der Waals surface area contributed by atoms with Gasteiger partial charge in [-0.1, -0.05) is 19.3 Å². The van der Waals surface area contributed by atoms with E-state index in [0.717, 1.165) is 32.1 Å². The zero-order valence-electron chi connectivity index (χ0n) is 9.34. The molecule has 0 aromatic rings. The van der Waals surface area contributed by atoms with Gasteiger partial charge in [0.2, 0.25) is 0 Å². The van der Waals surface area contributed by atoms with E-state index >= 15 is 0 Å². The Morgan fingerprint density at radius 2 is 1.79 bits per heavy atom. The van der Waals surface area contributed by atoms with Crippen LogP contribution in [0.2, 0.25) is 0 Å². The van der Waals surface area contributed by atoms with Gasteiger partial charge in [0.05, 0.1) is 0 Å². The van der Waals surface area contributed by atoms with Crippen molar-refractivity contribution in [1.82, 2.24) is 0 Å². The minimum atomic E-state index is 0.822. The van der Waals surface area contributed by atoms with E-state index in [1.165, 1.54) is 44.9 Å². The fourth-order valence-electron chi connectivity index (χ4n) is 2.13. The quantitative estimate of drug-likeness (QED) is 0.640. The molecule has 0 amide bonds. The molecule has 0 spiro atoms. The third kappa shape index (κ3) is 5.61. The Hall–Kier alpha value is -0.0800.